The zero-order valence-electron chi connectivity index (χ0n) is 34.2. The van der Waals surface area contributed by atoms with E-state index in [1.54, 1.807) is 6.07 Å². The van der Waals surface area contributed by atoms with Gasteiger partial charge in [-0.3, -0.25) is 0 Å². The van der Waals surface area contributed by atoms with Crippen molar-refractivity contribution < 1.29 is 9.90 Å². The van der Waals surface area contributed by atoms with E-state index >= 15 is 0 Å². The van der Waals surface area contributed by atoms with E-state index in [1.807, 2.05) is 66.7 Å². The molecule has 8 bridgehead atoms. The predicted molar refractivity (Wildman–Crippen MR) is 260 cm³/mol. The minimum atomic E-state index is -1.27. The van der Waals surface area contributed by atoms with Crippen LogP contribution in [0.2, 0.25) is 0 Å². The van der Waals surface area contributed by atoms with Crippen molar-refractivity contribution in [3.8, 4) is 39.4 Å². The summed E-state index contributed by atoms with van der Waals surface area (Å²) in [6.07, 6.45) is 14.1. The number of aliphatic carboxylic acids is 1. The molecule has 0 unspecified atom stereocenters. The molecular formula is C56H36N6O2. The third-order valence-corrected chi connectivity index (χ3v) is 11.7. The average molecular weight is 825 g/mol. The van der Waals surface area contributed by atoms with Crippen molar-refractivity contribution in [2.75, 3.05) is 4.90 Å². The third-order valence-electron chi connectivity index (χ3n) is 11.7. The molecule has 3 aliphatic heterocycles. The zero-order valence-corrected chi connectivity index (χ0v) is 34.2. The van der Waals surface area contributed by atoms with Gasteiger partial charge in [0.25, 0.3) is 0 Å². The maximum atomic E-state index is 11.7. The van der Waals surface area contributed by atoms with Gasteiger partial charge in [0.15, 0.2) is 0 Å². The molecule has 8 nitrogen and oxygen atoms in total. The smallest absolute Gasteiger partial charge is 0.346 e. The Bertz CT molecular complexity index is 3440. The van der Waals surface area contributed by atoms with Crippen LogP contribution >= 0.6 is 0 Å². The molecule has 3 aliphatic rings. The number of para-hydroxylation sites is 2. The minimum Gasteiger partial charge on any atom is -0.477 e. The Hall–Kier alpha value is -9.06. The number of H-pyrrole nitrogens is 2. The molecule has 0 aliphatic carbocycles. The summed E-state index contributed by atoms with van der Waals surface area (Å²) in [5.74, 6) is -1.27. The molecule has 0 amide bonds. The summed E-state index contributed by atoms with van der Waals surface area (Å²) in [6.45, 7) is 0. The summed E-state index contributed by atoms with van der Waals surface area (Å²) in [7, 11) is 0. The Morgan fingerprint density at radius 1 is 0.500 bits per heavy atom. The highest BCUT2D eigenvalue weighted by Gasteiger charge is 2.26. The van der Waals surface area contributed by atoms with Crippen LogP contribution in [0.4, 0.5) is 17.1 Å². The van der Waals surface area contributed by atoms with Gasteiger partial charge in [-0.25, -0.2) is 14.8 Å². The summed E-state index contributed by atoms with van der Waals surface area (Å²) in [6, 6.07) is 55.2. The molecule has 6 heterocycles. The molecule has 302 valence electrons. The van der Waals surface area contributed by atoms with E-state index in [1.165, 1.54) is 6.08 Å². The van der Waals surface area contributed by atoms with Crippen LogP contribution in [0, 0.1) is 11.3 Å². The molecule has 5 aromatic carbocycles. The molecular weight excluding hydrogens is 789 g/mol. The van der Waals surface area contributed by atoms with E-state index in [2.05, 4.69) is 142 Å². The van der Waals surface area contributed by atoms with Gasteiger partial charge in [-0.05, 0) is 100 Å². The van der Waals surface area contributed by atoms with Crippen molar-refractivity contribution >= 4 is 87.6 Å². The summed E-state index contributed by atoms with van der Waals surface area (Å²) in [4.78, 5) is 32.6. The van der Waals surface area contributed by atoms with Crippen LogP contribution in [0.15, 0.2) is 163 Å². The first kappa shape index (κ1) is 37.9. The molecule has 8 aromatic rings. The van der Waals surface area contributed by atoms with Crippen molar-refractivity contribution in [2.24, 2.45) is 0 Å². The molecule has 11 rings (SSSR count). The van der Waals surface area contributed by atoms with Crippen molar-refractivity contribution in [3.05, 3.63) is 203 Å². The SMILES string of the molecule is N#C/C(=C/c1ccc(-c2c3nc(c(-c4ccccc4)c4ccc([nH]4)c(N4c5ccccc5C=Cc5ccccc54)c4nc(c(-c5ccccc5)c5ccc2[nH]5)C=C4)C=C3)cc1)C(=O)O. The van der Waals surface area contributed by atoms with Crippen molar-refractivity contribution in [2.45, 2.75) is 0 Å². The van der Waals surface area contributed by atoms with Gasteiger partial charge in [-0.2, -0.15) is 5.26 Å². The Balaban J connectivity index is 1.27. The lowest BCUT2D eigenvalue weighted by Crippen LogP contribution is -2.13. The molecule has 64 heavy (non-hydrogen) atoms. The van der Waals surface area contributed by atoms with Gasteiger partial charge in [0, 0.05) is 33.2 Å². The van der Waals surface area contributed by atoms with Gasteiger partial charge in [0.2, 0.25) is 0 Å². The summed E-state index contributed by atoms with van der Waals surface area (Å²) < 4.78 is 0. The average Bonchev–Trinajstić information content (AvgIpc) is 4.18. The number of hydrogen-bond donors (Lipinski definition) is 3. The van der Waals surface area contributed by atoms with Crippen LogP contribution in [-0.2, 0) is 4.79 Å². The fourth-order valence-electron chi connectivity index (χ4n) is 8.82. The van der Waals surface area contributed by atoms with Crippen molar-refractivity contribution in [1.29, 1.82) is 5.26 Å². The van der Waals surface area contributed by atoms with Gasteiger partial charge in [0.05, 0.1) is 45.4 Å². The van der Waals surface area contributed by atoms with Gasteiger partial charge in [-0.15, -0.1) is 0 Å². The van der Waals surface area contributed by atoms with Crippen LogP contribution < -0.4 is 4.90 Å². The molecule has 0 atom stereocenters. The highest BCUT2D eigenvalue weighted by Crippen LogP contribution is 2.46. The number of aromatic nitrogens is 4. The number of carbonyl (C=O) groups is 1. The molecule has 0 saturated carbocycles. The lowest BCUT2D eigenvalue weighted by atomic mass is 10.0. The van der Waals surface area contributed by atoms with E-state index in [0.717, 1.165) is 106 Å². The molecule has 3 N–H and O–H groups in total. The number of fused-ring (bicyclic) bond motifs is 10. The lowest BCUT2D eigenvalue weighted by Gasteiger charge is -2.27. The molecule has 0 fully saturated rings. The van der Waals surface area contributed by atoms with Crippen molar-refractivity contribution in [1.82, 2.24) is 19.9 Å². The Labute approximate surface area is 368 Å². The number of nitriles is 1. The van der Waals surface area contributed by atoms with Crippen LogP contribution in [-0.4, -0.2) is 31.0 Å². The number of carboxylic acids is 1. The zero-order chi connectivity index (χ0) is 43.1. The first-order valence-corrected chi connectivity index (χ1v) is 20.9. The standard InChI is InChI=1S/C56H36N6O2/c57-34-41(56(63)64)33-35-19-21-40(22-20-35)54-44-27-25-42(58-44)52(38-13-3-1-4-14-38)46-29-31-48(60-46)55(62-50-17-9-7-11-36(50)23-24-37-12-8-10-18-51(37)62)49-32-30-47(61-49)53(39-15-5-2-6-16-39)43-26-28-45(54)59-43/h1-33,58,61H,(H,63,64)/b41-33-,52-42?,52-46?,53-43?,53-47?,54-44?,54-45?,55-48?,55-49?. The van der Waals surface area contributed by atoms with E-state index in [9.17, 15) is 15.2 Å². The second kappa shape index (κ2) is 15.8. The van der Waals surface area contributed by atoms with Gasteiger partial charge < -0.3 is 20.0 Å². The number of anilines is 3. The highest BCUT2D eigenvalue weighted by molar-refractivity contribution is 6.03. The van der Waals surface area contributed by atoms with E-state index in [0.29, 0.717) is 5.56 Å². The van der Waals surface area contributed by atoms with Crippen LogP contribution in [0.3, 0.4) is 0 Å². The predicted octanol–water partition coefficient (Wildman–Crippen LogP) is 13.6. The molecule has 8 heteroatoms. The number of rotatable bonds is 6. The maximum absolute atomic E-state index is 11.7. The number of carboxylic acid groups (broad SMARTS) is 1. The molecule has 0 spiro atoms. The summed E-state index contributed by atoms with van der Waals surface area (Å²) in [5, 5.41) is 19.0. The first-order chi connectivity index (χ1) is 31.5. The summed E-state index contributed by atoms with van der Waals surface area (Å²) in [5.41, 5.74) is 17.6. The largest absolute Gasteiger partial charge is 0.477 e. The van der Waals surface area contributed by atoms with Crippen molar-refractivity contribution in [3.63, 3.8) is 0 Å². The molecule has 0 radical (unpaired) electrons. The lowest BCUT2D eigenvalue weighted by molar-refractivity contribution is -0.132. The first-order valence-electron chi connectivity index (χ1n) is 20.9. The van der Waals surface area contributed by atoms with Gasteiger partial charge in [0.1, 0.15) is 11.6 Å². The molecule has 3 aromatic heterocycles. The summed E-state index contributed by atoms with van der Waals surface area (Å²) >= 11 is 0. The monoisotopic (exact) mass is 824 g/mol. The van der Waals surface area contributed by atoms with E-state index in [4.69, 9.17) is 9.97 Å². The maximum Gasteiger partial charge on any atom is 0.346 e. The highest BCUT2D eigenvalue weighted by atomic mass is 16.4. The Morgan fingerprint density at radius 3 is 1.42 bits per heavy atom. The number of nitrogens with one attached hydrogen (secondary N) is 2. The topological polar surface area (TPSA) is 122 Å². The van der Waals surface area contributed by atoms with Gasteiger partial charge >= 0.3 is 5.97 Å². The number of hydrogen-bond acceptors (Lipinski definition) is 5. The fourth-order valence-corrected chi connectivity index (χ4v) is 8.82. The number of aromatic amines is 2. The van der Waals surface area contributed by atoms with Gasteiger partial charge in [-0.1, -0.05) is 133 Å². The Kier molecular flexibility index (Phi) is 9.33. The van der Waals surface area contributed by atoms with E-state index in [-0.39, 0.29) is 5.57 Å². The fraction of sp³-hybridized carbons (Fsp3) is 0. The minimum absolute atomic E-state index is 0.339. The van der Waals surface area contributed by atoms with E-state index < -0.39 is 5.97 Å². The second-order valence-corrected chi connectivity index (χ2v) is 15.6. The normalized spacial score (nSPS) is 12.7. The molecule has 0 saturated heterocycles. The van der Waals surface area contributed by atoms with Crippen LogP contribution in [0.25, 0.3) is 98.0 Å². The van der Waals surface area contributed by atoms with Crippen LogP contribution in [0.1, 0.15) is 39.5 Å². The Morgan fingerprint density at radius 2 is 0.922 bits per heavy atom. The van der Waals surface area contributed by atoms with Crippen LogP contribution in [0.5, 0.6) is 0 Å². The quantitative estimate of drug-likeness (QED) is 0.113. The second-order valence-electron chi connectivity index (χ2n) is 15.6. The number of nitrogens with zero attached hydrogens (tertiary/aromatic N) is 4. The third kappa shape index (κ3) is 6.71. The number of benzene rings is 5.